The van der Waals surface area contributed by atoms with E-state index in [2.05, 4.69) is 12.2 Å². The van der Waals surface area contributed by atoms with Crippen LogP contribution in [0.3, 0.4) is 0 Å². The van der Waals surface area contributed by atoms with Gasteiger partial charge in [0.2, 0.25) is 5.91 Å². The third kappa shape index (κ3) is 21.9. The Labute approximate surface area is 417 Å². The van der Waals surface area contributed by atoms with Crippen molar-refractivity contribution in [3.05, 3.63) is 0 Å². The summed E-state index contributed by atoms with van der Waals surface area (Å²) in [6, 6.07) is -0.876. The van der Waals surface area contributed by atoms with Crippen molar-refractivity contribution in [3.63, 3.8) is 0 Å². The van der Waals surface area contributed by atoms with Crippen LogP contribution in [-0.2, 0) is 33.2 Å². The first-order chi connectivity index (χ1) is 33.8. The molecule has 0 saturated carbocycles. The smallest absolute Gasteiger partial charge is 0.220 e. The van der Waals surface area contributed by atoms with Gasteiger partial charge in [-0.25, -0.2) is 0 Å². The molecule has 17 atom stereocenters. The zero-order valence-corrected chi connectivity index (χ0v) is 42.5. The third-order valence-corrected chi connectivity index (χ3v) is 14.2. The molecule has 3 aliphatic rings. The van der Waals surface area contributed by atoms with Crippen LogP contribution in [0.5, 0.6) is 0 Å². The van der Waals surface area contributed by atoms with E-state index in [0.717, 1.165) is 25.7 Å². The Morgan fingerprint density at radius 2 is 0.814 bits per heavy atom. The molecule has 0 aliphatic carbocycles. The molecule has 0 aromatic heterocycles. The molecule has 12 N–H and O–H groups in total. The summed E-state index contributed by atoms with van der Waals surface area (Å²) in [6.07, 6.45) is 5.67. The second kappa shape index (κ2) is 36.7. The number of hydrogen-bond acceptors (Lipinski definition) is 18. The van der Waals surface area contributed by atoms with E-state index in [4.69, 9.17) is 28.4 Å². The van der Waals surface area contributed by atoms with Gasteiger partial charge in [0, 0.05) is 6.42 Å². The van der Waals surface area contributed by atoms with E-state index in [1.54, 1.807) is 0 Å². The van der Waals surface area contributed by atoms with E-state index in [9.17, 15) is 61.0 Å². The molecule has 19 heteroatoms. The Hall–Kier alpha value is -1.21. The fourth-order valence-corrected chi connectivity index (χ4v) is 9.65. The van der Waals surface area contributed by atoms with Gasteiger partial charge in [0.1, 0.15) is 73.2 Å². The molecule has 70 heavy (non-hydrogen) atoms. The highest BCUT2D eigenvalue weighted by molar-refractivity contribution is 5.76. The van der Waals surface area contributed by atoms with Gasteiger partial charge in [0.15, 0.2) is 18.9 Å². The maximum absolute atomic E-state index is 12.7. The van der Waals surface area contributed by atoms with Crippen molar-refractivity contribution in [3.8, 4) is 0 Å². The molecule has 414 valence electrons. The maximum Gasteiger partial charge on any atom is 0.220 e. The molecule has 17 unspecified atom stereocenters. The van der Waals surface area contributed by atoms with E-state index in [1.165, 1.54) is 128 Å². The number of unbranched alkanes of at least 4 members (excludes halogenated alkanes) is 23. The first kappa shape index (κ1) is 63.1. The number of ether oxygens (including phenoxy) is 6. The van der Waals surface area contributed by atoms with Crippen LogP contribution in [0.25, 0.3) is 0 Å². The molecular formula is C51H97NO18. The molecule has 3 rings (SSSR count). The van der Waals surface area contributed by atoms with E-state index >= 15 is 0 Å². The molecule has 3 heterocycles. The van der Waals surface area contributed by atoms with Gasteiger partial charge in [-0.05, 0) is 12.8 Å². The van der Waals surface area contributed by atoms with Crippen molar-refractivity contribution >= 4 is 5.91 Å². The normalized spacial score (nSPS) is 32.5. The summed E-state index contributed by atoms with van der Waals surface area (Å²) in [5.41, 5.74) is 0. The Kier molecular flexibility index (Phi) is 33.1. The number of nitrogens with one attached hydrogen (secondary N) is 1. The van der Waals surface area contributed by atoms with Crippen molar-refractivity contribution in [2.24, 2.45) is 0 Å². The molecule has 3 fully saturated rings. The quantitative estimate of drug-likeness (QED) is 0.0394. The number of amides is 1. The molecule has 0 aromatic carbocycles. The minimum atomic E-state index is -1.97. The van der Waals surface area contributed by atoms with Crippen molar-refractivity contribution < 1.29 is 89.4 Å². The standard InChI is InChI=1S/C51H97NO18/c1-3-5-6-7-8-9-10-11-12-13-14-15-16-17-18-19-20-21-22-23-24-25-26-27-29-35(56)34(52-39(57)28-4-2)33-65-49-45(63)42(60)47(37(31-54)67-49)70-51-46(64)43(61)48(38(32-55)68-51)69-50-44(62)41(59)40(58)36(30-53)66-50/h34-38,40-51,53-56,58-64H,3-33H2,1-2H3,(H,52,57). The van der Waals surface area contributed by atoms with Gasteiger partial charge in [0.25, 0.3) is 0 Å². The van der Waals surface area contributed by atoms with Gasteiger partial charge in [-0.2, -0.15) is 0 Å². The number of carbonyl (C=O) groups excluding carboxylic acids is 1. The summed E-state index contributed by atoms with van der Waals surface area (Å²) in [6.45, 7) is 1.42. The molecule has 3 aliphatic heterocycles. The third-order valence-electron chi connectivity index (χ3n) is 14.2. The minimum Gasteiger partial charge on any atom is -0.394 e. The van der Waals surface area contributed by atoms with E-state index in [0.29, 0.717) is 12.8 Å². The molecule has 0 spiro atoms. The fraction of sp³-hybridized carbons (Fsp3) is 0.980. The molecule has 0 bridgehead atoms. The first-order valence-corrected chi connectivity index (χ1v) is 27.3. The van der Waals surface area contributed by atoms with Gasteiger partial charge in [-0.15, -0.1) is 0 Å². The molecule has 3 saturated heterocycles. The van der Waals surface area contributed by atoms with Crippen LogP contribution in [0.2, 0.25) is 0 Å². The van der Waals surface area contributed by atoms with Gasteiger partial charge in [-0.1, -0.05) is 168 Å². The average molecular weight is 1010 g/mol. The predicted molar refractivity (Wildman–Crippen MR) is 259 cm³/mol. The summed E-state index contributed by atoms with van der Waals surface area (Å²) < 4.78 is 33.9. The largest absolute Gasteiger partial charge is 0.394 e. The SMILES string of the molecule is CCCCCCCCCCCCCCCCCCCCCCCCCCC(O)C(COC1OC(CO)C(OC2OC(CO)C(OC3OC(CO)C(O)C(O)C3O)C(O)C2O)C(O)C1O)NC(=O)CCC. The zero-order chi connectivity index (χ0) is 51.3. The maximum atomic E-state index is 12.7. The number of hydrogen-bond donors (Lipinski definition) is 12. The van der Waals surface area contributed by atoms with Crippen molar-refractivity contribution in [2.75, 3.05) is 26.4 Å². The van der Waals surface area contributed by atoms with Gasteiger partial charge < -0.3 is 89.9 Å². The monoisotopic (exact) mass is 1010 g/mol. The lowest BCUT2D eigenvalue weighted by Crippen LogP contribution is -2.66. The number of rotatable bonds is 39. The van der Waals surface area contributed by atoms with Gasteiger partial charge in [-0.3, -0.25) is 4.79 Å². The highest BCUT2D eigenvalue weighted by Crippen LogP contribution is 2.33. The van der Waals surface area contributed by atoms with Gasteiger partial charge >= 0.3 is 0 Å². The molecule has 0 radical (unpaired) electrons. The Bertz CT molecular complexity index is 1300. The molecule has 19 nitrogen and oxygen atoms in total. The molecular weight excluding hydrogens is 915 g/mol. The van der Waals surface area contributed by atoms with Crippen molar-refractivity contribution in [1.29, 1.82) is 0 Å². The van der Waals surface area contributed by atoms with Crippen LogP contribution in [0.1, 0.15) is 187 Å². The lowest BCUT2D eigenvalue weighted by atomic mass is 9.96. The number of aliphatic hydroxyl groups is 11. The van der Waals surface area contributed by atoms with Crippen LogP contribution in [0.15, 0.2) is 0 Å². The predicted octanol–water partition coefficient (Wildman–Crippen LogP) is 2.87. The van der Waals surface area contributed by atoms with Crippen molar-refractivity contribution in [2.45, 2.75) is 291 Å². The summed E-state index contributed by atoms with van der Waals surface area (Å²) in [7, 11) is 0. The lowest BCUT2D eigenvalue weighted by molar-refractivity contribution is -0.379. The van der Waals surface area contributed by atoms with Crippen LogP contribution in [-0.4, -0.2) is 193 Å². The number of carbonyl (C=O) groups is 1. The highest BCUT2D eigenvalue weighted by atomic mass is 16.8. The highest BCUT2D eigenvalue weighted by Gasteiger charge is 2.53. The second-order valence-corrected chi connectivity index (χ2v) is 20.1. The van der Waals surface area contributed by atoms with Crippen LogP contribution >= 0.6 is 0 Å². The van der Waals surface area contributed by atoms with E-state index < -0.39 is 124 Å². The first-order valence-electron chi connectivity index (χ1n) is 27.3. The lowest BCUT2D eigenvalue weighted by Gasteiger charge is -2.48. The van der Waals surface area contributed by atoms with Crippen LogP contribution in [0, 0.1) is 0 Å². The van der Waals surface area contributed by atoms with Crippen LogP contribution in [0.4, 0.5) is 0 Å². The Morgan fingerprint density at radius 3 is 1.21 bits per heavy atom. The fourth-order valence-electron chi connectivity index (χ4n) is 9.65. The summed E-state index contributed by atoms with van der Waals surface area (Å²) in [5, 5.41) is 119. The van der Waals surface area contributed by atoms with Crippen LogP contribution < -0.4 is 5.32 Å². The second-order valence-electron chi connectivity index (χ2n) is 20.1. The molecule has 1 amide bonds. The van der Waals surface area contributed by atoms with E-state index in [1.807, 2.05) is 6.92 Å². The summed E-state index contributed by atoms with van der Waals surface area (Å²) in [5.74, 6) is -0.295. The minimum absolute atomic E-state index is 0.219. The van der Waals surface area contributed by atoms with Gasteiger partial charge in [0.05, 0.1) is 38.6 Å². The topological polar surface area (TPSA) is 307 Å². The average Bonchev–Trinajstić information content (AvgIpc) is 3.35. The zero-order valence-electron chi connectivity index (χ0n) is 42.5. The van der Waals surface area contributed by atoms with E-state index in [-0.39, 0.29) is 18.9 Å². The van der Waals surface area contributed by atoms with Crippen molar-refractivity contribution in [1.82, 2.24) is 5.32 Å². The Morgan fingerprint density at radius 1 is 0.457 bits per heavy atom. The summed E-state index contributed by atoms with van der Waals surface area (Å²) >= 11 is 0. The Balaban J connectivity index is 1.34. The molecule has 0 aromatic rings. The number of aliphatic hydroxyl groups excluding tert-OH is 11. The summed E-state index contributed by atoms with van der Waals surface area (Å²) in [4.78, 5) is 12.7.